The van der Waals surface area contributed by atoms with E-state index in [1.54, 1.807) is 37.1 Å². The first kappa shape index (κ1) is 22.6. The van der Waals surface area contributed by atoms with E-state index in [4.69, 9.17) is 9.26 Å². The number of para-hydroxylation sites is 1. The van der Waals surface area contributed by atoms with Gasteiger partial charge >= 0.3 is 0 Å². The summed E-state index contributed by atoms with van der Waals surface area (Å²) in [5, 5.41) is 3.96. The summed E-state index contributed by atoms with van der Waals surface area (Å²) in [6.07, 6.45) is 2.16. The lowest BCUT2D eigenvalue weighted by Gasteiger charge is -2.32. The highest BCUT2D eigenvalue weighted by molar-refractivity contribution is 5.96. The fourth-order valence-corrected chi connectivity index (χ4v) is 4.10. The van der Waals surface area contributed by atoms with Crippen LogP contribution in [0.15, 0.2) is 65.2 Å². The van der Waals surface area contributed by atoms with E-state index in [0.717, 1.165) is 18.4 Å². The standard InChI is InChI=1S/C26H29N3O4/c1-19-16-23(27-33-19)26(31)29-15-9-8-14-28(2)25(30)22-12-6-7-13-24(22)32-18-21(29)17-20-10-4-3-5-11-20/h3-7,10-13,16,21H,8-9,14-15,17-18H2,1-2H3/t21-/m1/s1. The number of carbonyl (C=O) groups excluding carboxylic acids is 2. The van der Waals surface area contributed by atoms with Crippen molar-refractivity contribution in [1.82, 2.24) is 15.0 Å². The molecule has 7 nitrogen and oxygen atoms in total. The van der Waals surface area contributed by atoms with Gasteiger partial charge in [-0.2, -0.15) is 0 Å². The Morgan fingerprint density at radius 2 is 1.79 bits per heavy atom. The monoisotopic (exact) mass is 447 g/mol. The summed E-state index contributed by atoms with van der Waals surface area (Å²) >= 11 is 0. The van der Waals surface area contributed by atoms with E-state index in [-0.39, 0.29) is 24.5 Å². The zero-order valence-electron chi connectivity index (χ0n) is 19.1. The van der Waals surface area contributed by atoms with Gasteiger partial charge < -0.3 is 19.1 Å². The fourth-order valence-electron chi connectivity index (χ4n) is 4.10. The lowest BCUT2D eigenvalue weighted by Crippen LogP contribution is -2.46. The van der Waals surface area contributed by atoms with Gasteiger partial charge in [0.25, 0.3) is 11.8 Å². The number of benzene rings is 2. The lowest BCUT2D eigenvalue weighted by atomic mass is 10.0. The second-order valence-electron chi connectivity index (χ2n) is 8.41. The molecule has 0 saturated carbocycles. The molecular weight excluding hydrogens is 418 g/mol. The van der Waals surface area contributed by atoms with Crippen LogP contribution in [0.5, 0.6) is 5.75 Å². The molecule has 0 N–H and O–H groups in total. The molecule has 1 aliphatic rings. The summed E-state index contributed by atoms with van der Waals surface area (Å²) in [5.74, 6) is 0.887. The number of hydrogen-bond donors (Lipinski definition) is 0. The molecule has 0 fully saturated rings. The van der Waals surface area contributed by atoms with Gasteiger partial charge in [-0.15, -0.1) is 0 Å². The van der Waals surface area contributed by atoms with Gasteiger partial charge in [0.1, 0.15) is 18.1 Å². The van der Waals surface area contributed by atoms with E-state index in [1.807, 2.05) is 47.4 Å². The van der Waals surface area contributed by atoms with Crippen molar-refractivity contribution in [2.75, 3.05) is 26.7 Å². The molecule has 1 atom stereocenters. The number of carbonyl (C=O) groups is 2. The largest absolute Gasteiger partial charge is 0.491 e. The zero-order valence-corrected chi connectivity index (χ0v) is 19.1. The van der Waals surface area contributed by atoms with Gasteiger partial charge in [0.05, 0.1) is 11.6 Å². The number of amides is 2. The summed E-state index contributed by atoms with van der Waals surface area (Å²) in [6, 6.07) is 18.8. The van der Waals surface area contributed by atoms with E-state index in [2.05, 4.69) is 5.16 Å². The van der Waals surface area contributed by atoms with Crippen LogP contribution in [0, 0.1) is 6.92 Å². The first-order valence-electron chi connectivity index (χ1n) is 11.3. The number of nitrogens with zero attached hydrogens (tertiary/aromatic N) is 3. The van der Waals surface area contributed by atoms with E-state index < -0.39 is 0 Å². The predicted octanol–water partition coefficient (Wildman–Crippen LogP) is 3.98. The molecule has 2 amide bonds. The molecule has 4 rings (SSSR count). The van der Waals surface area contributed by atoms with Crippen molar-refractivity contribution in [2.24, 2.45) is 0 Å². The maximum Gasteiger partial charge on any atom is 0.276 e. The Labute approximate surface area is 193 Å². The van der Waals surface area contributed by atoms with Gasteiger partial charge in [0, 0.05) is 26.2 Å². The molecule has 2 heterocycles. The van der Waals surface area contributed by atoms with Crippen LogP contribution >= 0.6 is 0 Å². The topological polar surface area (TPSA) is 75.9 Å². The third-order valence-electron chi connectivity index (χ3n) is 5.90. The van der Waals surface area contributed by atoms with Gasteiger partial charge in [-0.05, 0) is 43.9 Å². The summed E-state index contributed by atoms with van der Waals surface area (Å²) in [5.41, 5.74) is 1.94. The lowest BCUT2D eigenvalue weighted by molar-refractivity contribution is 0.0581. The number of ether oxygens (including phenoxy) is 1. The van der Waals surface area contributed by atoms with Crippen LogP contribution in [0.25, 0.3) is 0 Å². The fraction of sp³-hybridized carbons (Fsp3) is 0.346. The van der Waals surface area contributed by atoms with Crippen LogP contribution in [0.2, 0.25) is 0 Å². The van der Waals surface area contributed by atoms with Crippen molar-refractivity contribution in [1.29, 1.82) is 0 Å². The van der Waals surface area contributed by atoms with Crippen LogP contribution < -0.4 is 4.74 Å². The Bertz CT molecular complexity index is 1100. The highest BCUT2D eigenvalue weighted by atomic mass is 16.5. The SMILES string of the molecule is Cc1cc(C(=O)N2CCCCN(C)C(=O)c3ccccc3OC[C@H]2Cc2ccccc2)no1. The molecule has 0 saturated heterocycles. The minimum atomic E-state index is -0.239. The van der Waals surface area contributed by atoms with E-state index >= 15 is 0 Å². The molecule has 7 heteroatoms. The van der Waals surface area contributed by atoms with Gasteiger partial charge in [-0.3, -0.25) is 9.59 Å². The Balaban J connectivity index is 1.68. The highest BCUT2D eigenvalue weighted by Crippen LogP contribution is 2.23. The van der Waals surface area contributed by atoms with Crippen molar-refractivity contribution in [3.8, 4) is 5.75 Å². The second kappa shape index (κ2) is 10.3. The number of hydrogen-bond acceptors (Lipinski definition) is 5. The number of aromatic nitrogens is 1. The Kier molecular flexibility index (Phi) is 7.07. The Hall–Kier alpha value is -3.61. The van der Waals surface area contributed by atoms with E-state index in [1.165, 1.54) is 0 Å². The first-order chi connectivity index (χ1) is 16.0. The van der Waals surface area contributed by atoms with Gasteiger partial charge in [0.15, 0.2) is 5.69 Å². The van der Waals surface area contributed by atoms with Crippen molar-refractivity contribution < 1.29 is 18.8 Å². The molecule has 2 aromatic carbocycles. The maximum absolute atomic E-state index is 13.5. The molecule has 172 valence electrons. The summed E-state index contributed by atoms with van der Waals surface area (Å²) in [4.78, 5) is 30.0. The molecule has 0 radical (unpaired) electrons. The molecule has 0 unspecified atom stereocenters. The molecular formula is C26H29N3O4. The first-order valence-corrected chi connectivity index (χ1v) is 11.3. The minimum Gasteiger partial charge on any atom is -0.491 e. The van der Waals surface area contributed by atoms with Crippen LogP contribution in [-0.4, -0.2) is 59.6 Å². The van der Waals surface area contributed by atoms with Crippen molar-refractivity contribution >= 4 is 11.8 Å². The predicted molar refractivity (Wildman–Crippen MR) is 124 cm³/mol. The molecule has 33 heavy (non-hydrogen) atoms. The Morgan fingerprint density at radius 3 is 2.55 bits per heavy atom. The highest BCUT2D eigenvalue weighted by Gasteiger charge is 2.29. The number of fused-ring (bicyclic) bond motifs is 1. The van der Waals surface area contributed by atoms with Gasteiger partial charge in [-0.1, -0.05) is 47.6 Å². The summed E-state index contributed by atoms with van der Waals surface area (Å²) in [7, 11) is 1.80. The van der Waals surface area contributed by atoms with Gasteiger partial charge in [0.2, 0.25) is 0 Å². The number of aryl methyl sites for hydroxylation is 1. The minimum absolute atomic E-state index is 0.0585. The summed E-state index contributed by atoms with van der Waals surface area (Å²) in [6.45, 7) is 3.16. The molecule has 1 aromatic heterocycles. The van der Waals surface area contributed by atoms with Crippen molar-refractivity contribution in [3.05, 3.63) is 83.2 Å². The average molecular weight is 448 g/mol. The van der Waals surface area contributed by atoms with E-state index in [0.29, 0.717) is 42.3 Å². The average Bonchev–Trinajstić information content (AvgIpc) is 3.27. The van der Waals surface area contributed by atoms with Crippen molar-refractivity contribution in [3.63, 3.8) is 0 Å². The van der Waals surface area contributed by atoms with Crippen LogP contribution in [0.4, 0.5) is 0 Å². The second-order valence-corrected chi connectivity index (χ2v) is 8.41. The maximum atomic E-state index is 13.5. The molecule has 3 aromatic rings. The Morgan fingerprint density at radius 1 is 1.06 bits per heavy atom. The van der Waals surface area contributed by atoms with Crippen LogP contribution in [-0.2, 0) is 6.42 Å². The molecule has 0 bridgehead atoms. The molecule has 0 spiro atoms. The molecule has 0 aliphatic carbocycles. The third-order valence-corrected chi connectivity index (χ3v) is 5.90. The smallest absolute Gasteiger partial charge is 0.276 e. The van der Waals surface area contributed by atoms with Crippen LogP contribution in [0.3, 0.4) is 0 Å². The zero-order chi connectivity index (χ0) is 23.2. The normalized spacial score (nSPS) is 17.5. The third kappa shape index (κ3) is 5.42. The summed E-state index contributed by atoms with van der Waals surface area (Å²) < 4.78 is 11.4. The number of rotatable bonds is 3. The van der Waals surface area contributed by atoms with Crippen molar-refractivity contribution in [2.45, 2.75) is 32.2 Å². The van der Waals surface area contributed by atoms with E-state index in [9.17, 15) is 9.59 Å². The van der Waals surface area contributed by atoms with Crippen LogP contribution in [0.1, 0.15) is 45.0 Å². The molecule has 1 aliphatic heterocycles. The van der Waals surface area contributed by atoms with Gasteiger partial charge in [-0.25, -0.2) is 0 Å². The quantitative estimate of drug-likeness (QED) is 0.607.